The third-order valence-electron chi connectivity index (χ3n) is 4.45. The highest BCUT2D eigenvalue weighted by Gasteiger charge is 2.31. The molecule has 0 unspecified atom stereocenters. The maximum atomic E-state index is 12.6. The number of aryl methyl sites for hydroxylation is 1. The van der Waals surface area contributed by atoms with Crippen molar-refractivity contribution in [1.29, 1.82) is 0 Å². The van der Waals surface area contributed by atoms with Crippen molar-refractivity contribution in [3.63, 3.8) is 0 Å². The van der Waals surface area contributed by atoms with Gasteiger partial charge >= 0.3 is 0 Å². The number of halogens is 1. The fourth-order valence-corrected chi connectivity index (χ4v) is 2.73. The first-order valence-corrected chi connectivity index (χ1v) is 7.53. The van der Waals surface area contributed by atoms with E-state index in [2.05, 4.69) is 24.4 Å². The van der Waals surface area contributed by atoms with E-state index in [0.29, 0.717) is 6.04 Å². The van der Waals surface area contributed by atoms with Gasteiger partial charge in [-0.25, -0.2) is 0 Å². The monoisotopic (exact) mass is 310 g/mol. The molecule has 3 N–H and O–H groups in total. The highest BCUT2D eigenvalue weighted by atomic mass is 35.5. The van der Waals surface area contributed by atoms with Crippen LogP contribution in [0.1, 0.15) is 50.7 Å². The second kappa shape index (κ2) is 7.28. The number of carbonyl (C=O) groups excluding carboxylic acids is 1. The predicted molar refractivity (Wildman–Crippen MR) is 89.8 cm³/mol. The van der Waals surface area contributed by atoms with E-state index in [1.807, 2.05) is 26.0 Å². The van der Waals surface area contributed by atoms with Gasteiger partial charge in [-0.3, -0.25) is 4.79 Å². The molecule has 4 heteroatoms. The molecule has 0 spiro atoms. The van der Waals surface area contributed by atoms with Crippen LogP contribution in [0.15, 0.2) is 24.3 Å². The fourth-order valence-electron chi connectivity index (χ4n) is 2.73. The molecule has 0 radical (unpaired) electrons. The van der Waals surface area contributed by atoms with Crippen molar-refractivity contribution in [2.45, 2.75) is 64.0 Å². The minimum Gasteiger partial charge on any atom is -0.353 e. The van der Waals surface area contributed by atoms with Gasteiger partial charge in [0.1, 0.15) is 0 Å². The SMILES string of the molecule is Cc1ccc(C(C)(C)C(=O)NC2CCC(N)CC2)cc1.Cl. The molecule has 1 saturated carbocycles. The van der Waals surface area contributed by atoms with Gasteiger partial charge < -0.3 is 11.1 Å². The van der Waals surface area contributed by atoms with Crippen molar-refractivity contribution in [1.82, 2.24) is 5.32 Å². The Balaban J connectivity index is 0.00000220. The number of carbonyl (C=O) groups is 1. The minimum atomic E-state index is -0.493. The Morgan fingerprint density at radius 3 is 2.19 bits per heavy atom. The molecule has 0 bridgehead atoms. The maximum Gasteiger partial charge on any atom is 0.230 e. The summed E-state index contributed by atoms with van der Waals surface area (Å²) in [6.07, 6.45) is 4.01. The van der Waals surface area contributed by atoms with Crippen LogP contribution in [0.25, 0.3) is 0 Å². The smallest absolute Gasteiger partial charge is 0.230 e. The lowest BCUT2D eigenvalue weighted by Crippen LogP contribution is -2.47. The summed E-state index contributed by atoms with van der Waals surface area (Å²) in [4.78, 5) is 12.6. The van der Waals surface area contributed by atoms with Crippen LogP contribution >= 0.6 is 12.4 Å². The minimum absolute atomic E-state index is 0. The van der Waals surface area contributed by atoms with Crippen molar-refractivity contribution in [3.05, 3.63) is 35.4 Å². The van der Waals surface area contributed by atoms with E-state index in [1.165, 1.54) is 5.56 Å². The van der Waals surface area contributed by atoms with Crippen LogP contribution in [0.3, 0.4) is 0 Å². The lowest BCUT2D eigenvalue weighted by molar-refractivity contribution is -0.126. The second-order valence-electron chi connectivity index (χ2n) is 6.58. The summed E-state index contributed by atoms with van der Waals surface area (Å²) < 4.78 is 0. The van der Waals surface area contributed by atoms with E-state index in [0.717, 1.165) is 31.2 Å². The van der Waals surface area contributed by atoms with E-state index in [1.54, 1.807) is 0 Å². The zero-order valence-corrected chi connectivity index (χ0v) is 14.0. The molecule has 118 valence electrons. The topological polar surface area (TPSA) is 55.1 Å². The summed E-state index contributed by atoms with van der Waals surface area (Å²) in [5.74, 6) is 0.113. The summed E-state index contributed by atoms with van der Waals surface area (Å²) >= 11 is 0. The number of rotatable bonds is 3. The Kier molecular flexibility index (Phi) is 6.24. The average Bonchev–Trinajstić information content (AvgIpc) is 2.42. The van der Waals surface area contributed by atoms with Gasteiger partial charge in [-0.15, -0.1) is 12.4 Å². The molecule has 0 atom stereocenters. The molecule has 1 fully saturated rings. The molecular formula is C17H27ClN2O. The lowest BCUT2D eigenvalue weighted by Gasteiger charge is -2.31. The Morgan fingerprint density at radius 2 is 1.67 bits per heavy atom. The van der Waals surface area contributed by atoms with Gasteiger partial charge in [0.2, 0.25) is 5.91 Å². The van der Waals surface area contributed by atoms with Gasteiger partial charge in [0.05, 0.1) is 5.41 Å². The van der Waals surface area contributed by atoms with Crippen molar-refractivity contribution in [3.8, 4) is 0 Å². The van der Waals surface area contributed by atoms with Crippen molar-refractivity contribution >= 4 is 18.3 Å². The zero-order valence-electron chi connectivity index (χ0n) is 13.2. The molecule has 3 nitrogen and oxygen atoms in total. The van der Waals surface area contributed by atoms with Gasteiger partial charge in [0.25, 0.3) is 0 Å². The summed E-state index contributed by atoms with van der Waals surface area (Å²) in [5.41, 5.74) is 7.69. The molecular weight excluding hydrogens is 284 g/mol. The van der Waals surface area contributed by atoms with Crippen LogP contribution < -0.4 is 11.1 Å². The Hall–Kier alpha value is -1.06. The molecule has 0 heterocycles. The quantitative estimate of drug-likeness (QED) is 0.901. The summed E-state index contributed by atoms with van der Waals surface area (Å²) in [6, 6.07) is 8.81. The van der Waals surface area contributed by atoms with Crippen molar-refractivity contribution in [2.75, 3.05) is 0 Å². The molecule has 0 aromatic heterocycles. The van der Waals surface area contributed by atoms with E-state index in [4.69, 9.17) is 5.73 Å². The lowest BCUT2D eigenvalue weighted by atomic mass is 9.82. The van der Waals surface area contributed by atoms with Crippen LogP contribution in [0.4, 0.5) is 0 Å². The Bertz CT molecular complexity index is 462. The number of hydrogen-bond acceptors (Lipinski definition) is 2. The molecule has 1 aliphatic carbocycles. The summed E-state index contributed by atoms with van der Waals surface area (Å²) in [5, 5.41) is 3.20. The number of amides is 1. The van der Waals surface area contributed by atoms with Crippen molar-refractivity contribution < 1.29 is 4.79 Å². The van der Waals surface area contributed by atoms with Gasteiger partial charge in [-0.05, 0) is 52.0 Å². The highest BCUT2D eigenvalue weighted by Crippen LogP contribution is 2.25. The van der Waals surface area contributed by atoms with Crippen LogP contribution in [-0.4, -0.2) is 18.0 Å². The molecule has 1 aliphatic rings. The van der Waals surface area contributed by atoms with Gasteiger partial charge in [-0.1, -0.05) is 29.8 Å². The normalized spacial score (nSPS) is 22.3. The van der Waals surface area contributed by atoms with Crippen LogP contribution in [0.2, 0.25) is 0 Å². The average molecular weight is 311 g/mol. The zero-order chi connectivity index (χ0) is 14.8. The fraction of sp³-hybridized carbons (Fsp3) is 0.588. The Labute approximate surface area is 134 Å². The first-order chi connectivity index (χ1) is 9.39. The second-order valence-corrected chi connectivity index (χ2v) is 6.58. The molecule has 1 aromatic carbocycles. The highest BCUT2D eigenvalue weighted by molar-refractivity contribution is 5.87. The van der Waals surface area contributed by atoms with Crippen molar-refractivity contribution in [2.24, 2.45) is 5.73 Å². The van der Waals surface area contributed by atoms with E-state index < -0.39 is 5.41 Å². The van der Waals surface area contributed by atoms with Gasteiger partial charge in [0.15, 0.2) is 0 Å². The number of benzene rings is 1. The number of hydrogen-bond donors (Lipinski definition) is 2. The summed E-state index contributed by atoms with van der Waals surface area (Å²) in [6.45, 7) is 6.03. The third kappa shape index (κ3) is 4.45. The molecule has 2 rings (SSSR count). The Morgan fingerprint density at radius 1 is 1.14 bits per heavy atom. The van der Waals surface area contributed by atoms with E-state index in [9.17, 15) is 4.79 Å². The largest absolute Gasteiger partial charge is 0.353 e. The summed E-state index contributed by atoms with van der Waals surface area (Å²) in [7, 11) is 0. The van der Waals surface area contributed by atoms with Crippen LogP contribution in [-0.2, 0) is 10.2 Å². The number of nitrogens with two attached hydrogens (primary N) is 1. The molecule has 1 amide bonds. The predicted octanol–water partition coefficient (Wildman–Crippen LogP) is 3.08. The number of nitrogens with one attached hydrogen (secondary N) is 1. The molecule has 21 heavy (non-hydrogen) atoms. The molecule has 0 saturated heterocycles. The van der Waals surface area contributed by atoms with Gasteiger partial charge in [0, 0.05) is 12.1 Å². The first kappa shape index (κ1) is 18.0. The maximum absolute atomic E-state index is 12.6. The molecule has 0 aliphatic heterocycles. The van der Waals surface area contributed by atoms with Crippen LogP contribution in [0.5, 0.6) is 0 Å². The standard InChI is InChI=1S/C17H26N2O.ClH/c1-12-4-6-13(7-5-12)17(2,3)16(20)19-15-10-8-14(18)9-11-15;/h4-7,14-15H,8-11,18H2,1-3H3,(H,19,20);1H. The van der Waals surface area contributed by atoms with Crippen LogP contribution in [0, 0.1) is 6.92 Å². The third-order valence-corrected chi connectivity index (χ3v) is 4.45. The van der Waals surface area contributed by atoms with E-state index >= 15 is 0 Å². The molecule has 1 aromatic rings. The van der Waals surface area contributed by atoms with Gasteiger partial charge in [-0.2, -0.15) is 0 Å². The first-order valence-electron chi connectivity index (χ1n) is 7.53. The van der Waals surface area contributed by atoms with E-state index in [-0.39, 0.29) is 24.4 Å².